The quantitative estimate of drug-likeness (QED) is 0.318. The molecule has 1 fully saturated rings. The van der Waals surface area contributed by atoms with E-state index in [9.17, 15) is 22.8 Å². The molecule has 1 heterocycles. The molecular weight excluding hydrogens is 568 g/mol. The molecule has 1 aliphatic heterocycles. The van der Waals surface area contributed by atoms with Crippen molar-refractivity contribution < 1.29 is 32.6 Å². The first-order chi connectivity index (χ1) is 18.9. The summed E-state index contributed by atoms with van der Waals surface area (Å²) in [5, 5.41) is 12.7. The number of nitrogens with one attached hydrogen (secondary N) is 1. The summed E-state index contributed by atoms with van der Waals surface area (Å²) in [5.74, 6) is -1.05. The van der Waals surface area contributed by atoms with Crippen LogP contribution in [0.4, 0.5) is 13.2 Å². The molecule has 216 valence electrons. The van der Waals surface area contributed by atoms with Crippen molar-refractivity contribution in [2.45, 2.75) is 57.5 Å². The first-order valence-corrected chi connectivity index (χ1v) is 13.9. The van der Waals surface area contributed by atoms with Gasteiger partial charge >= 0.3 is 12.3 Å². The maximum atomic E-state index is 12.7. The first-order valence-electron chi connectivity index (χ1n) is 13.1. The van der Waals surface area contributed by atoms with E-state index in [4.69, 9.17) is 28.3 Å². The second kappa shape index (κ2) is 12.8. The number of carboxylic acid groups (broad SMARTS) is 1. The number of amides is 1. The molecule has 1 amide bonds. The number of aliphatic carboxylic acids is 1. The molecule has 0 bridgehead atoms. The molecule has 2 unspecified atom stereocenters. The fourth-order valence-electron chi connectivity index (χ4n) is 5.68. The van der Waals surface area contributed by atoms with E-state index in [1.165, 1.54) is 6.08 Å². The van der Waals surface area contributed by atoms with E-state index in [2.05, 4.69) is 21.9 Å². The van der Waals surface area contributed by atoms with Crippen LogP contribution in [-0.2, 0) is 9.53 Å². The fourth-order valence-corrected chi connectivity index (χ4v) is 6.33. The van der Waals surface area contributed by atoms with E-state index >= 15 is 0 Å². The Labute approximate surface area is 241 Å². The Balaban J connectivity index is 1.53. The van der Waals surface area contributed by atoms with E-state index < -0.39 is 12.3 Å². The Bertz CT molecular complexity index is 1240. The third-order valence-electron chi connectivity index (χ3n) is 7.67. The molecule has 1 aromatic carbocycles. The average Bonchev–Trinajstić information content (AvgIpc) is 3.33. The maximum Gasteiger partial charge on any atom is 0.572 e. The van der Waals surface area contributed by atoms with Crippen LogP contribution in [0.2, 0.25) is 0 Å². The molecule has 2 N–H and O–H groups in total. The van der Waals surface area contributed by atoms with E-state index in [0.717, 1.165) is 24.1 Å². The minimum absolute atomic E-state index is 0.000428. The molecule has 1 aromatic rings. The van der Waals surface area contributed by atoms with Gasteiger partial charge in [0.1, 0.15) is 5.76 Å². The lowest BCUT2D eigenvalue weighted by Crippen LogP contribution is -2.34. The van der Waals surface area contributed by atoms with Gasteiger partial charge < -0.3 is 15.2 Å². The summed E-state index contributed by atoms with van der Waals surface area (Å²) in [6.45, 7) is 2.86. The van der Waals surface area contributed by atoms with Gasteiger partial charge in [0.25, 0.3) is 5.91 Å². The molecule has 11 heteroatoms. The molecule has 6 nitrogen and oxygen atoms in total. The predicted octanol–water partition coefficient (Wildman–Crippen LogP) is 7.05. The molecular formula is C29H31Cl2F3N2O4. The van der Waals surface area contributed by atoms with Crippen LogP contribution >= 0.6 is 23.2 Å². The van der Waals surface area contributed by atoms with Gasteiger partial charge in [0.05, 0.1) is 6.42 Å². The van der Waals surface area contributed by atoms with E-state index in [1.54, 1.807) is 24.3 Å². The molecule has 0 radical (unpaired) electrons. The summed E-state index contributed by atoms with van der Waals surface area (Å²) in [7, 11) is 0. The summed E-state index contributed by atoms with van der Waals surface area (Å²) < 4.78 is 42.3. The van der Waals surface area contributed by atoms with Crippen LogP contribution in [0.1, 0.15) is 61.0 Å². The van der Waals surface area contributed by atoms with Crippen LogP contribution in [0, 0.1) is 11.8 Å². The van der Waals surface area contributed by atoms with Crippen LogP contribution in [0.25, 0.3) is 0 Å². The Morgan fingerprint density at radius 1 is 1.18 bits per heavy atom. The largest absolute Gasteiger partial charge is 0.572 e. The van der Waals surface area contributed by atoms with Crippen LogP contribution < -0.4 is 5.32 Å². The number of hydrogen-bond acceptors (Lipinski definition) is 4. The van der Waals surface area contributed by atoms with Crippen molar-refractivity contribution >= 4 is 35.1 Å². The van der Waals surface area contributed by atoms with Crippen molar-refractivity contribution in [3.63, 3.8) is 0 Å². The lowest BCUT2D eigenvalue weighted by atomic mass is 9.83. The van der Waals surface area contributed by atoms with Crippen LogP contribution in [0.15, 0.2) is 70.0 Å². The highest BCUT2D eigenvalue weighted by molar-refractivity contribution is 6.34. The molecule has 0 saturated carbocycles. The lowest BCUT2D eigenvalue weighted by Gasteiger charge is -2.33. The zero-order valence-corrected chi connectivity index (χ0v) is 23.4. The molecule has 0 aromatic heterocycles. The number of allylic oxidation sites excluding steroid dienone is 7. The number of carboxylic acids is 1. The minimum Gasteiger partial charge on any atom is -0.481 e. The maximum absolute atomic E-state index is 12.7. The third-order valence-corrected chi connectivity index (χ3v) is 8.17. The topological polar surface area (TPSA) is 78.9 Å². The third kappa shape index (κ3) is 7.92. The summed E-state index contributed by atoms with van der Waals surface area (Å²) in [5.41, 5.74) is 2.46. The van der Waals surface area contributed by atoms with Gasteiger partial charge in [-0.1, -0.05) is 53.1 Å². The van der Waals surface area contributed by atoms with E-state index in [1.807, 2.05) is 18.2 Å². The number of alkyl halides is 3. The number of ether oxygens (including phenoxy) is 1. The number of carbonyl (C=O) groups excluding carboxylic acids is 1. The number of nitrogens with zero attached hydrogens (tertiary/aromatic N) is 1. The average molecular weight is 599 g/mol. The highest BCUT2D eigenvalue weighted by Gasteiger charge is 2.41. The Kier molecular flexibility index (Phi) is 9.69. The van der Waals surface area contributed by atoms with Crippen molar-refractivity contribution in [3.8, 4) is 0 Å². The highest BCUT2D eigenvalue weighted by atomic mass is 35.5. The molecule has 2 aliphatic carbocycles. The SMILES string of the molecule is CC(c1ccc(C(=O)NCCC(=O)O)cc1)N1C[C@H](C2C=C(Cl)C=C(Cl)C2)C[C@@H]1C1=CC=C(OC(F)(F)F)CC1. The molecule has 40 heavy (non-hydrogen) atoms. The van der Waals surface area contributed by atoms with Gasteiger partial charge in [-0.15, -0.1) is 13.2 Å². The van der Waals surface area contributed by atoms with Gasteiger partial charge in [0.15, 0.2) is 0 Å². The fraction of sp³-hybridized carbons (Fsp3) is 0.448. The standard InChI is InChI=1S/C29H31Cl2F3N2O4/c1-17(18-2-4-20(5-3-18)28(39)35-11-10-27(37)38)36-16-22(21-12-23(30)15-24(31)13-21)14-26(36)19-6-8-25(9-7-19)40-29(32,33)34/h2-6,8,12,15,17,21-22,26H,7,9-11,13-14,16H2,1H3,(H,35,39)(H,37,38)/t17?,21?,22-,26-/m1/s1. The van der Waals surface area contributed by atoms with Gasteiger partial charge in [-0.25, -0.2) is 0 Å². The van der Waals surface area contributed by atoms with E-state index in [0.29, 0.717) is 28.5 Å². The summed E-state index contributed by atoms with van der Waals surface area (Å²) in [4.78, 5) is 25.4. The second-order valence-electron chi connectivity index (χ2n) is 10.3. The van der Waals surface area contributed by atoms with Crippen molar-refractivity contribution in [1.82, 2.24) is 10.2 Å². The van der Waals surface area contributed by atoms with Crippen molar-refractivity contribution in [3.05, 3.63) is 81.1 Å². The Morgan fingerprint density at radius 2 is 1.90 bits per heavy atom. The second-order valence-corrected chi connectivity index (χ2v) is 11.3. The molecule has 0 spiro atoms. The molecule has 3 aliphatic rings. The van der Waals surface area contributed by atoms with Crippen molar-refractivity contribution in [2.75, 3.05) is 13.1 Å². The van der Waals surface area contributed by atoms with Gasteiger partial charge in [-0.3, -0.25) is 14.5 Å². The number of halogens is 5. The molecule has 1 saturated heterocycles. The van der Waals surface area contributed by atoms with Gasteiger partial charge in [-0.05, 0) is 67.9 Å². The number of benzene rings is 1. The Hall–Kier alpha value is -2.75. The lowest BCUT2D eigenvalue weighted by molar-refractivity contribution is -0.306. The first kappa shape index (κ1) is 30.2. The van der Waals surface area contributed by atoms with Gasteiger partial charge in [0.2, 0.25) is 0 Å². The minimum atomic E-state index is -4.71. The van der Waals surface area contributed by atoms with Crippen LogP contribution in [0.3, 0.4) is 0 Å². The highest BCUT2D eigenvalue weighted by Crippen LogP contribution is 2.44. The number of carbonyl (C=O) groups is 2. The smallest absolute Gasteiger partial charge is 0.481 e. The van der Waals surface area contributed by atoms with Crippen molar-refractivity contribution in [1.29, 1.82) is 0 Å². The van der Waals surface area contributed by atoms with Crippen LogP contribution in [-0.4, -0.2) is 47.4 Å². The van der Waals surface area contributed by atoms with Gasteiger partial charge in [-0.2, -0.15) is 0 Å². The van der Waals surface area contributed by atoms with Crippen LogP contribution in [0.5, 0.6) is 0 Å². The number of likely N-dealkylation sites (tertiary alicyclic amines) is 1. The predicted molar refractivity (Wildman–Crippen MR) is 147 cm³/mol. The Morgan fingerprint density at radius 3 is 2.50 bits per heavy atom. The van der Waals surface area contributed by atoms with Gasteiger partial charge in [0, 0.05) is 47.2 Å². The van der Waals surface area contributed by atoms with E-state index in [-0.39, 0.29) is 55.0 Å². The summed E-state index contributed by atoms with van der Waals surface area (Å²) in [6, 6.07) is 7.13. The molecule has 4 rings (SSSR count). The zero-order chi connectivity index (χ0) is 29.0. The summed E-state index contributed by atoms with van der Waals surface area (Å²) >= 11 is 12.7. The normalized spacial score (nSPS) is 24.4. The monoisotopic (exact) mass is 598 g/mol. The van der Waals surface area contributed by atoms with Crippen molar-refractivity contribution in [2.24, 2.45) is 11.8 Å². The molecule has 4 atom stereocenters. The number of hydrogen-bond donors (Lipinski definition) is 2. The number of rotatable bonds is 9. The zero-order valence-electron chi connectivity index (χ0n) is 21.9. The summed E-state index contributed by atoms with van der Waals surface area (Å²) in [6.07, 6.45) is 4.20.